The van der Waals surface area contributed by atoms with Crippen LogP contribution in [0, 0.1) is 0 Å². The smallest absolute Gasteiger partial charge is 0.229 e. The maximum Gasteiger partial charge on any atom is 0.229 e. The van der Waals surface area contributed by atoms with Gasteiger partial charge in [-0.2, -0.15) is 0 Å². The van der Waals surface area contributed by atoms with Crippen molar-refractivity contribution in [3.05, 3.63) is 58.8 Å². The Hall–Kier alpha value is -2.95. The molecule has 2 heterocycles. The van der Waals surface area contributed by atoms with Gasteiger partial charge in [-0.25, -0.2) is 0 Å². The third kappa shape index (κ3) is 3.64. The van der Waals surface area contributed by atoms with E-state index in [1.165, 1.54) is 12.1 Å². The summed E-state index contributed by atoms with van der Waals surface area (Å²) >= 11 is 0. The van der Waals surface area contributed by atoms with Gasteiger partial charge in [0.2, 0.25) is 6.29 Å². The van der Waals surface area contributed by atoms with E-state index in [0.717, 1.165) is 6.07 Å². The number of hydrogen-bond acceptors (Lipinski definition) is 9. The molecule has 4 rings (SSSR count). The van der Waals surface area contributed by atoms with Crippen LogP contribution in [-0.4, -0.2) is 62.8 Å². The number of phenolic OH excluding ortho intramolecular Hbond substituents is 1. The molecule has 1 aliphatic rings. The fraction of sp³-hybridized carbons (Fsp3) is 0.286. The van der Waals surface area contributed by atoms with Crippen LogP contribution in [0.4, 0.5) is 0 Å². The lowest BCUT2D eigenvalue weighted by Gasteiger charge is -2.39. The molecular weight excluding hydrogens is 396 g/mol. The predicted octanol–water partition coefficient (Wildman–Crippen LogP) is 0.344. The maximum atomic E-state index is 12.5. The van der Waals surface area contributed by atoms with Crippen LogP contribution in [-0.2, 0) is 4.74 Å². The molecule has 1 aliphatic heterocycles. The van der Waals surface area contributed by atoms with Gasteiger partial charge in [-0.3, -0.25) is 4.79 Å². The fourth-order valence-corrected chi connectivity index (χ4v) is 3.36. The Labute approximate surface area is 170 Å². The molecule has 1 saturated heterocycles. The minimum Gasteiger partial charge on any atom is -0.507 e. The number of phenols is 1. The van der Waals surface area contributed by atoms with Crippen molar-refractivity contribution in [2.45, 2.75) is 30.7 Å². The number of aliphatic hydroxyl groups excluding tert-OH is 4. The number of aromatic hydroxyl groups is 1. The molecule has 1 fully saturated rings. The topological polar surface area (TPSA) is 150 Å². The van der Waals surface area contributed by atoms with Crippen molar-refractivity contribution in [3.63, 3.8) is 0 Å². The van der Waals surface area contributed by atoms with E-state index in [1.807, 2.05) is 6.07 Å². The van der Waals surface area contributed by atoms with Gasteiger partial charge in [0, 0.05) is 23.8 Å². The summed E-state index contributed by atoms with van der Waals surface area (Å²) in [6, 6.07) is 12.7. The van der Waals surface area contributed by atoms with E-state index in [1.54, 1.807) is 24.3 Å². The predicted molar refractivity (Wildman–Crippen MR) is 104 cm³/mol. The molecule has 0 amide bonds. The van der Waals surface area contributed by atoms with Crippen LogP contribution in [0.25, 0.3) is 22.3 Å². The van der Waals surface area contributed by atoms with Gasteiger partial charge in [-0.1, -0.05) is 30.3 Å². The monoisotopic (exact) mass is 416 g/mol. The molecule has 158 valence electrons. The van der Waals surface area contributed by atoms with Crippen LogP contribution in [0.15, 0.2) is 57.7 Å². The van der Waals surface area contributed by atoms with E-state index in [0.29, 0.717) is 5.56 Å². The molecule has 0 saturated carbocycles. The Kier molecular flexibility index (Phi) is 5.46. The van der Waals surface area contributed by atoms with Crippen molar-refractivity contribution in [2.75, 3.05) is 6.61 Å². The molecule has 0 aliphatic carbocycles. The SMILES string of the molecule is O=c1cc(-c2ccccc2)oc2cc(O[C@@H]3O[C@H](CO)[C@@H](O)[C@H](O)[C@H]3O)cc(O)c12. The molecule has 30 heavy (non-hydrogen) atoms. The summed E-state index contributed by atoms with van der Waals surface area (Å²) in [7, 11) is 0. The zero-order chi connectivity index (χ0) is 21.4. The Bertz CT molecular complexity index is 1090. The molecule has 0 unspecified atom stereocenters. The lowest BCUT2D eigenvalue weighted by molar-refractivity contribution is -0.277. The van der Waals surface area contributed by atoms with Gasteiger partial charge in [0.25, 0.3) is 0 Å². The van der Waals surface area contributed by atoms with Crippen LogP contribution in [0.5, 0.6) is 11.5 Å². The van der Waals surface area contributed by atoms with E-state index in [-0.39, 0.29) is 22.5 Å². The fourth-order valence-electron chi connectivity index (χ4n) is 3.36. The number of ether oxygens (including phenoxy) is 2. The first-order valence-corrected chi connectivity index (χ1v) is 9.22. The number of aliphatic hydroxyl groups is 4. The largest absolute Gasteiger partial charge is 0.507 e. The van der Waals surface area contributed by atoms with Gasteiger partial charge in [-0.15, -0.1) is 0 Å². The van der Waals surface area contributed by atoms with Gasteiger partial charge < -0.3 is 39.4 Å². The van der Waals surface area contributed by atoms with Gasteiger partial charge in [0.1, 0.15) is 52.6 Å². The van der Waals surface area contributed by atoms with Crippen LogP contribution in [0.1, 0.15) is 0 Å². The summed E-state index contributed by atoms with van der Waals surface area (Å²) in [4.78, 5) is 12.5. The van der Waals surface area contributed by atoms with E-state index >= 15 is 0 Å². The second-order valence-electron chi connectivity index (χ2n) is 6.97. The molecule has 2 aromatic carbocycles. The first kappa shape index (κ1) is 20.3. The van der Waals surface area contributed by atoms with Gasteiger partial charge >= 0.3 is 0 Å². The minimum atomic E-state index is -1.62. The van der Waals surface area contributed by atoms with Crippen molar-refractivity contribution in [3.8, 4) is 22.8 Å². The summed E-state index contributed by atoms with van der Waals surface area (Å²) in [5.41, 5.74) is 0.254. The number of fused-ring (bicyclic) bond motifs is 1. The molecule has 3 aromatic rings. The molecule has 0 bridgehead atoms. The Balaban J connectivity index is 1.71. The zero-order valence-electron chi connectivity index (χ0n) is 15.6. The molecule has 0 spiro atoms. The second kappa shape index (κ2) is 8.05. The highest BCUT2D eigenvalue weighted by molar-refractivity contribution is 5.86. The first-order chi connectivity index (χ1) is 14.4. The van der Waals surface area contributed by atoms with Crippen molar-refractivity contribution >= 4 is 11.0 Å². The lowest BCUT2D eigenvalue weighted by Crippen LogP contribution is -2.60. The number of rotatable bonds is 4. The molecule has 9 heteroatoms. The summed E-state index contributed by atoms with van der Waals surface area (Å²) in [6.45, 7) is -0.608. The molecule has 9 nitrogen and oxygen atoms in total. The Morgan fingerprint density at radius 2 is 1.70 bits per heavy atom. The Morgan fingerprint density at radius 3 is 2.40 bits per heavy atom. The Morgan fingerprint density at radius 1 is 0.967 bits per heavy atom. The first-order valence-electron chi connectivity index (χ1n) is 9.22. The summed E-state index contributed by atoms with van der Waals surface area (Å²) in [5.74, 6) is -0.129. The highest BCUT2D eigenvalue weighted by Crippen LogP contribution is 2.33. The zero-order valence-corrected chi connectivity index (χ0v) is 15.6. The standard InChI is InChI=1S/C21H20O9/c22-9-16-18(25)19(26)20(27)21(30-16)28-11-6-12(23)17-13(24)8-14(29-15(17)7-11)10-4-2-1-3-5-10/h1-8,16,18-23,25-27H,9H2/t16-,18-,19+,20-,21-/m1/s1. The van der Waals surface area contributed by atoms with Gasteiger partial charge in [0.15, 0.2) is 5.43 Å². The average Bonchev–Trinajstić information content (AvgIpc) is 2.74. The normalized spacial score (nSPS) is 26.6. The van der Waals surface area contributed by atoms with E-state index in [2.05, 4.69) is 0 Å². The second-order valence-corrected chi connectivity index (χ2v) is 6.97. The summed E-state index contributed by atoms with van der Waals surface area (Å²) in [6.07, 6.45) is -7.35. The summed E-state index contributed by atoms with van der Waals surface area (Å²) < 4.78 is 16.6. The van der Waals surface area contributed by atoms with Crippen molar-refractivity contribution in [1.82, 2.24) is 0 Å². The van der Waals surface area contributed by atoms with Crippen molar-refractivity contribution in [2.24, 2.45) is 0 Å². The maximum absolute atomic E-state index is 12.5. The van der Waals surface area contributed by atoms with Crippen molar-refractivity contribution < 1.29 is 39.4 Å². The molecule has 1 aromatic heterocycles. The van der Waals surface area contributed by atoms with E-state index in [9.17, 15) is 30.3 Å². The van der Waals surface area contributed by atoms with Crippen molar-refractivity contribution in [1.29, 1.82) is 0 Å². The third-order valence-electron chi connectivity index (χ3n) is 4.94. The average molecular weight is 416 g/mol. The molecular formula is C21H20O9. The van der Waals surface area contributed by atoms with Crippen LogP contribution in [0.3, 0.4) is 0 Å². The number of benzene rings is 2. The van der Waals surface area contributed by atoms with Gasteiger partial charge in [0.05, 0.1) is 6.61 Å². The van der Waals surface area contributed by atoms with E-state index < -0.39 is 48.5 Å². The highest BCUT2D eigenvalue weighted by Gasteiger charge is 2.44. The molecule has 0 radical (unpaired) electrons. The highest BCUT2D eigenvalue weighted by atomic mass is 16.7. The van der Waals surface area contributed by atoms with Crippen LogP contribution < -0.4 is 10.2 Å². The minimum absolute atomic E-state index is 0.0160. The molecule has 5 atom stereocenters. The van der Waals surface area contributed by atoms with Gasteiger partial charge in [-0.05, 0) is 0 Å². The lowest BCUT2D eigenvalue weighted by atomic mass is 9.99. The summed E-state index contributed by atoms with van der Waals surface area (Å²) in [5, 5.41) is 49.4. The quantitative estimate of drug-likeness (QED) is 0.406. The third-order valence-corrected chi connectivity index (χ3v) is 4.94. The van der Waals surface area contributed by atoms with Crippen LogP contribution >= 0.6 is 0 Å². The number of hydrogen-bond donors (Lipinski definition) is 5. The van der Waals surface area contributed by atoms with E-state index in [4.69, 9.17) is 13.9 Å². The molecule has 5 N–H and O–H groups in total. The van der Waals surface area contributed by atoms with Crippen LogP contribution in [0.2, 0.25) is 0 Å².